The van der Waals surface area contributed by atoms with E-state index in [1.807, 2.05) is 25.3 Å². The first-order chi connectivity index (χ1) is 7.15. The molecule has 1 aromatic heterocycles. The van der Waals surface area contributed by atoms with Gasteiger partial charge in [0.2, 0.25) is 0 Å². The van der Waals surface area contributed by atoms with Crippen LogP contribution in [0.2, 0.25) is 0 Å². The predicted molar refractivity (Wildman–Crippen MR) is 68.2 cm³/mol. The third kappa shape index (κ3) is 2.58. The molecule has 0 radical (unpaired) electrons. The SMILES string of the molecule is Cc1ncc(Cc2ccc(Br)c(N)c2)s1. The summed E-state index contributed by atoms with van der Waals surface area (Å²) in [7, 11) is 0. The second-order valence-electron chi connectivity index (χ2n) is 3.38. The van der Waals surface area contributed by atoms with E-state index in [0.29, 0.717) is 0 Å². The fraction of sp³-hybridized carbons (Fsp3) is 0.182. The van der Waals surface area contributed by atoms with Crippen molar-refractivity contribution in [3.05, 3.63) is 44.3 Å². The van der Waals surface area contributed by atoms with Crippen molar-refractivity contribution in [2.24, 2.45) is 0 Å². The zero-order valence-corrected chi connectivity index (χ0v) is 10.7. The summed E-state index contributed by atoms with van der Waals surface area (Å²) in [6.07, 6.45) is 2.83. The van der Waals surface area contributed by atoms with E-state index in [0.717, 1.165) is 21.6 Å². The van der Waals surface area contributed by atoms with Gasteiger partial charge in [0, 0.05) is 27.7 Å². The topological polar surface area (TPSA) is 38.9 Å². The molecule has 1 heterocycles. The highest BCUT2D eigenvalue weighted by Crippen LogP contribution is 2.23. The molecule has 0 fully saturated rings. The standard InChI is InChI=1S/C11H11BrN2S/c1-7-14-6-9(15-7)4-8-2-3-10(12)11(13)5-8/h2-3,5-6H,4,13H2,1H3. The maximum absolute atomic E-state index is 5.82. The van der Waals surface area contributed by atoms with Crippen molar-refractivity contribution in [2.75, 3.05) is 5.73 Å². The van der Waals surface area contributed by atoms with Crippen molar-refractivity contribution in [1.82, 2.24) is 4.98 Å². The van der Waals surface area contributed by atoms with Crippen LogP contribution in [0.25, 0.3) is 0 Å². The van der Waals surface area contributed by atoms with Gasteiger partial charge in [-0.25, -0.2) is 4.98 Å². The number of hydrogen-bond acceptors (Lipinski definition) is 3. The van der Waals surface area contributed by atoms with Crippen molar-refractivity contribution < 1.29 is 0 Å². The fourth-order valence-electron chi connectivity index (χ4n) is 1.39. The number of aryl methyl sites for hydroxylation is 1. The quantitative estimate of drug-likeness (QED) is 0.858. The summed E-state index contributed by atoms with van der Waals surface area (Å²) >= 11 is 5.11. The van der Waals surface area contributed by atoms with E-state index in [-0.39, 0.29) is 0 Å². The van der Waals surface area contributed by atoms with Gasteiger partial charge in [0.15, 0.2) is 0 Å². The molecule has 78 valence electrons. The smallest absolute Gasteiger partial charge is 0.0896 e. The summed E-state index contributed by atoms with van der Waals surface area (Å²) in [6.45, 7) is 2.02. The third-order valence-electron chi connectivity index (χ3n) is 2.11. The van der Waals surface area contributed by atoms with Gasteiger partial charge in [-0.1, -0.05) is 6.07 Å². The van der Waals surface area contributed by atoms with E-state index >= 15 is 0 Å². The molecule has 0 saturated carbocycles. The van der Waals surface area contributed by atoms with E-state index in [1.54, 1.807) is 11.3 Å². The molecule has 0 spiro atoms. The molecule has 0 atom stereocenters. The molecule has 0 amide bonds. The molecule has 2 rings (SSSR count). The molecule has 0 aliphatic heterocycles. The second kappa shape index (κ2) is 4.33. The minimum absolute atomic E-state index is 0.786. The molecule has 1 aromatic carbocycles. The summed E-state index contributed by atoms with van der Waals surface area (Å²) in [5.74, 6) is 0. The first-order valence-electron chi connectivity index (χ1n) is 4.60. The van der Waals surface area contributed by atoms with Crippen molar-refractivity contribution in [1.29, 1.82) is 0 Å². The van der Waals surface area contributed by atoms with E-state index in [4.69, 9.17) is 5.73 Å². The van der Waals surface area contributed by atoms with Gasteiger partial charge in [0.25, 0.3) is 0 Å². The van der Waals surface area contributed by atoms with Crippen LogP contribution < -0.4 is 5.73 Å². The van der Waals surface area contributed by atoms with Gasteiger partial charge in [-0.15, -0.1) is 11.3 Å². The Balaban J connectivity index is 2.21. The van der Waals surface area contributed by atoms with Gasteiger partial charge in [0.05, 0.1) is 5.01 Å². The largest absolute Gasteiger partial charge is 0.398 e. The van der Waals surface area contributed by atoms with Crippen LogP contribution in [0.1, 0.15) is 15.4 Å². The fourth-order valence-corrected chi connectivity index (χ4v) is 2.47. The Morgan fingerprint density at radius 1 is 1.47 bits per heavy atom. The zero-order valence-electron chi connectivity index (χ0n) is 8.33. The van der Waals surface area contributed by atoms with Gasteiger partial charge >= 0.3 is 0 Å². The maximum atomic E-state index is 5.82. The molecule has 0 aliphatic rings. The van der Waals surface area contributed by atoms with Crippen LogP contribution in [0.4, 0.5) is 5.69 Å². The van der Waals surface area contributed by atoms with Crippen LogP contribution in [0.5, 0.6) is 0 Å². The van der Waals surface area contributed by atoms with Crippen LogP contribution in [-0.2, 0) is 6.42 Å². The highest BCUT2D eigenvalue weighted by Gasteiger charge is 2.02. The van der Waals surface area contributed by atoms with E-state index in [2.05, 4.69) is 27.0 Å². The molecule has 0 aliphatic carbocycles. The van der Waals surface area contributed by atoms with Crippen LogP contribution in [-0.4, -0.2) is 4.98 Å². The molecular formula is C11H11BrN2S. The normalized spacial score (nSPS) is 10.5. The Kier molecular flexibility index (Phi) is 3.07. The van der Waals surface area contributed by atoms with Crippen molar-refractivity contribution in [2.45, 2.75) is 13.3 Å². The molecule has 2 nitrogen and oxygen atoms in total. The van der Waals surface area contributed by atoms with Gasteiger partial charge < -0.3 is 5.73 Å². The Morgan fingerprint density at radius 3 is 2.87 bits per heavy atom. The monoisotopic (exact) mass is 282 g/mol. The Labute approximate surface area is 101 Å². The number of aromatic nitrogens is 1. The first kappa shape index (κ1) is 10.6. The predicted octanol–water partition coefficient (Wildman–Crippen LogP) is 3.39. The van der Waals surface area contributed by atoms with Crippen LogP contribution in [0, 0.1) is 6.92 Å². The average molecular weight is 283 g/mol. The molecule has 15 heavy (non-hydrogen) atoms. The zero-order chi connectivity index (χ0) is 10.8. The average Bonchev–Trinajstić information content (AvgIpc) is 2.58. The number of halogens is 1. The summed E-state index contributed by atoms with van der Waals surface area (Å²) in [5.41, 5.74) is 7.83. The number of benzene rings is 1. The van der Waals surface area contributed by atoms with E-state index in [9.17, 15) is 0 Å². The molecule has 0 unspecified atom stereocenters. The molecule has 0 bridgehead atoms. The van der Waals surface area contributed by atoms with Crippen LogP contribution in [0.15, 0.2) is 28.9 Å². The first-order valence-corrected chi connectivity index (χ1v) is 6.21. The molecule has 0 saturated heterocycles. The van der Waals surface area contributed by atoms with E-state index in [1.165, 1.54) is 10.4 Å². The molecule has 4 heteroatoms. The summed E-state index contributed by atoms with van der Waals surface area (Å²) < 4.78 is 0.951. The van der Waals surface area contributed by atoms with E-state index < -0.39 is 0 Å². The van der Waals surface area contributed by atoms with Gasteiger partial charge in [0.1, 0.15) is 0 Å². The minimum Gasteiger partial charge on any atom is -0.398 e. The number of rotatable bonds is 2. The van der Waals surface area contributed by atoms with Crippen molar-refractivity contribution in [3.63, 3.8) is 0 Å². The third-order valence-corrected chi connectivity index (χ3v) is 3.74. The van der Waals surface area contributed by atoms with Gasteiger partial charge in [-0.05, 0) is 40.5 Å². The summed E-state index contributed by atoms with van der Waals surface area (Å²) in [5, 5.41) is 1.11. The number of thiazole rings is 1. The second-order valence-corrected chi connectivity index (χ2v) is 5.55. The molecule has 2 aromatic rings. The number of anilines is 1. The van der Waals surface area contributed by atoms with Crippen LogP contribution in [0.3, 0.4) is 0 Å². The highest BCUT2D eigenvalue weighted by molar-refractivity contribution is 9.10. The number of nitrogens with zero attached hydrogens (tertiary/aromatic N) is 1. The lowest BCUT2D eigenvalue weighted by atomic mass is 10.1. The van der Waals surface area contributed by atoms with Gasteiger partial charge in [-0.3, -0.25) is 0 Å². The Hall–Kier alpha value is -0.870. The highest BCUT2D eigenvalue weighted by atomic mass is 79.9. The summed E-state index contributed by atoms with van der Waals surface area (Å²) in [4.78, 5) is 5.50. The maximum Gasteiger partial charge on any atom is 0.0896 e. The van der Waals surface area contributed by atoms with Gasteiger partial charge in [-0.2, -0.15) is 0 Å². The van der Waals surface area contributed by atoms with Crippen molar-refractivity contribution in [3.8, 4) is 0 Å². The molecular weight excluding hydrogens is 272 g/mol. The number of hydrogen-bond donors (Lipinski definition) is 1. The minimum atomic E-state index is 0.786. The molecule has 2 N–H and O–H groups in total. The Bertz CT molecular complexity index is 479. The lowest BCUT2D eigenvalue weighted by Crippen LogP contribution is -1.90. The number of nitrogens with two attached hydrogens (primary N) is 1. The number of nitrogen functional groups attached to an aromatic ring is 1. The van der Waals surface area contributed by atoms with Crippen molar-refractivity contribution >= 4 is 33.0 Å². The summed E-state index contributed by atoms with van der Waals surface area (Å²) in [6, 6.07) is 6.06. The van der Waals surface area contributed by atoms with Crippen LogP contribution >= 0.6 is 27.3 Å². The lowest BCUT2D eigenvalue weighted by molar-refractivity contribution is 1.20. The lowest BCUT2D eigenvalue weighted by Gasteiger charge is -2.02. The Morgan fingerprint density at radius 2 is 2.27 bits per heavy atom.